The number of amides is 1. The lowest BCUT2D eigenvalue weighted by atomic mass is 10.0. The zero-order valence-electron chi connectivity index (χ0n) is 15.9. The summed E-state index contributed by atoms with van der Waals surface area (Å²) in [5, 5.41) is 7.10. The predicted molar refractivity (Wildman–Crippen MR) is 105 cm³/mol. The monoisotopic (exact) mass is 373 g/mol. The third-order valence-corrected chi connectivity index (χ3v) is 5.50. The molecule has 1 fully saturated rings. The Hall–Kier alpha value is -1.83. The van der Waals surface area contributed by atoms with E-state index in [4.69, 9.17) is 0 Å². The van der Waals surface area contributed by atoms with Crippen LogP contribution in [0, 0.1) is 13.8 Å². The number of thiazole rings is 1. The van der Waals surface area contributed by atoms with E-state index in [1.165, 1.54) is 17.4 Å². The number of rotatable bonds is 5. The number of piperazine rings is 1. The molecule has 6 nitrogen and oxygen atoms in total. The molecule has 0 radical (unpaired) electrons. The molecule has 0 saturated carbocycles. The van der Waals surface area contributed by atoms with Gasteiger partial charge in [-0.25, -0.2) is 4.98 Å². The quantitative estimate of drug-likeness (QED) is 0.843. The molecule has 1 aliphatic heterocycles. The zero-order valence-corrected chi connectivity index (χ0v) is 16.7. The maximum Gasteiger partial charge on any atom is 0.223 e. The first-order valence-corrected chi connectivity index (χ1v) is 9.84. The molecule has 2 atom stereocenters. The number of pyridine rings is 1. The van der Waals surface area contributed by atoms with Gasteiger partial charge in [-0.1, -0.05) is 0 Å². The standard InChI is InChI=1S/C19H27N5OS/c1-12-5-16(6-13(2)22-12)7-17-10-24(14(3)8-20-17)11-18-9-21-19(26-18)23-15(4)25/h5-6,9,14,17,20H,7-8,10-11H2,1-4H3,(H,21,23,25)/t14-,17+/m0/s1. The second-order valence-corrected chi connectivity index (χ2v) is 8.27. The van der Waals surface area contributed by atoms with Crippen molar-refractivity contribution in [3.63, 3.8) is 0 Å². The van der Waals surface area contributed by atoms with E-state index in [2.05, 4.69) is 58.4 Å². The number of hydrogen-bond acceptors (Lipinski definition) is 6. The Kier molecular flexibility index (Phi) is 6.01. The van der Waals surface area contributed by atoms with E-state index in [0.29, 0.717) is 17.2 Å². The van der Waals surface area contributed by atoms with E-state index in [9.17, 15) is 4.79 Å². The van der Waals surface area contributed by atoms with Crippen LogP contribution in [0.15, 0.2) is 18.3 Å². The van der Waals surface area contributed by atoms with Gasteiger partial charge in [0.25, 0.3) is 0 Å². The van der Waals surface area contributed by atoms with Crippen LogP contribution in [0.1, 0.15) is 35.7 Å². The minimum absolute atomic E-state index is 0.0792. The van der Waals surface area contributed by atoms with Crippen molar-refractivity contribution in [3.05, 3.63) is 40.2 Å². The predicted octanol–water partition coefficient (Wildman–Crippen LogP) is 2.52. The Labute approximate surface area is 159 Å². The molecule has 3 rings (SSSR count). The minimum Gasteiger partial charge on any atom is -0.311 e. The molecule has 0 unspecified atom stereocenters. The average Bonchev–Trinajstić information content (AvgIpc) is 2.96. The van der Waals surface area contributed by atoms with E-state index < -0.39 is 0 Å². The van der Waals surface area contributed by atoms with Crippen LogP contribution in [0.4, 0.5) is 5.13 Å². The Morgan fingerprint density at radius 1 is 1.38 bits per heavy atom. The lowest BCUT2D eigenvalue weighted by Gasteiger charge is -2.38. The molecule has 1 amide bonds. The first-order chi connectivity index (χ1) is 12.4. The van der Waals surface area contributed by atoms with Gasteiger partial charge < -0.3 is 10.6 Å². The van der Waals surface area contributed by atoms with E-state index in [1.54, 1.807) is 11.3 Å². The van der Waals surface area contributed by atoms with Crippen LogP contribution in [-0.2, 0) is 17.8 Å². The van der Waals surface area contributed by atoms with Crippen LogP contribution in [0.25, 0.3) is 0 Å². The number of hydrogen-bond donors (Lipinski definition) is 2. The topological polar surface area (TPSA) is 70.2 Å². The molecule has 1 saturated heterocycles. The van der Waals surface area contributed by atoms with Gasteiger partial charge in [0.2, 0.25) is 5.91 Å². The molecule has 26 heavy (non-hydrogen) atoms. The zero-order chi connectivity index (χ0) is 18.7. The van der Waals surface area contributed by atoms with E-state index in [0.717, 1.165) is 37.4 Å². The number of nitrogens with zero attached hydrogens (tertiary/aromatic N) is 3. The van der Waals surface area contributed by atoms with E-state index in [-0.39, 0.29) is 5.91 Å². The van der Waals surface area contributed by atoms with Crippen LogP contribution in [0.5, 0.6) is 0 Å². The summed E-state index contributed by atoms with van der Waals surface area (Å²) in [6, 6.07) is 5.26. The highest BCUT2D eigenvalue weighted by Gasteiger charge is 2.25. The fourth-order valence-corrected chi connectivity index (χ4v) is 4.35. The summed E-state index contributed by atoms with van der Waals surface area (Å²) in [5.41, 5.74) is 3.50. The molecule has 1 aliphatic rings. The molecule has 0 bridgehead atoms. The Morgan fingerprint density at radius 2 is 2.12 bits per heavy atom. The number of carbonyl (C=O) groups excluding carboxylic acids is 1. The molecule has 2 aromatic rings. The van der Waals surface area contributed by atoms with Crippen LogP contribution in [0.2, 0.25) is 0 Å². The summed E-state index contributed by atoms with van der Waals surface area (Å²) in [5.74, 6) is -0.0792. The molecule has 0 spiro atoms. The highest BCUT2D eigenvalue weighted by molar-refractivity contribution is 7.15. The van der Waals surface area contributed by atoms with Crippen molar-refractivity contribution in [1.29, 1.82) is 0 Å². The molecule has 7 heteroatoms. The van der Waals surface area contributed by atoms with Crippen LogP contribution < -0.4 is 10.6 Å². The number of aromatic nitrogens is 2. The van der Waals surface area contributed by atoms with Gasteiger partial charge in [0.15, 0.2) is 5.13 Å². The molecule has 3 heterocycles. The highest BCUT2D eigenvalue weighted by Crippen LogP contribution is 2.22. The van der Waals surface area contributed by atoms with Gasteiger partial charge in [-0.15, -0.1) is 11.3 Å². The average molecular weight is 374 g/mol. The van der Waals surface area contributed by atoms with Crippen molar-refractivity contribution in [2.24, 2.45) is 0 Å². The summed E-state index contributed by atoms with van der Waals surface area (Å²) >= 11 is 1.55. The second kappa shape index (κ2) is 8.24. The van der Waals surface area contributed by atoms with Crippen molar-refractivity contribution in [3.8, 4) is 0 Å². The number of aryl methyl sites for hydroxylation is 2. The van der Waals surface area contributed by atoms with Crippen molar-refractivity contribution in [2.75, 3.05) is 18.4 Å². The molecule has 0 aliphatic carbocycles. The summed E-state index contributed by atoms with van der Waals surface area (Å²) in [7, 11) is 0. The molecular weight excluding hydrogens is 346 g/mol. The Balaban J connectivity index is 1.62. The van der Waals surface area contributed by atoms with Gasteiger partial charge in [0.05, 0.1) is 0 Å². The molecule has 140 valence electrons. The summed E-state index contributed by atoms with van der Waals surface area (Å²) in [4.78, 5) is 23.6. The first kappa shape index (κ1) is 18.9. The van der Waals surface area contributed by atoms with Crippen molar-refractivity contribution in [1.82, 2.24) is 20.2 Å². The van der Waals surface area contributed by atoms with Gasteiger partial charge in [-0.3, -0.25) is 14.7 Å². The lowest BCUT2D eigenvalue weighted by molar-refractivity contribution is -0.114. The molecular formula is C19H27N5OS. The summed E-state index contributed by atoms with van der Waals surface area (Å²) in [6.07, 6.45) is 2.88. The van der Waals surface area contributed by atoms with Crippen LogP contribution in [0.3, 0.4) is 0 Å². The van der Waals surface area contributed by atoms with Gasteiger partial charge >= 0.3 is 0 Å². The smallest absolute Gasteiger partial charge is 0.223 e. The minimum atomic E-state index is -0.0792. The second-order valence-electron chi connectivity index (χ2n) is 7.16. The fraction of sp³-hybridized carbons (Fsp3) is 0.526. The SMILES string of the molecule is CC(=O)Nc1ncc(CN2C[C@@H](Cc3cc(C)nc(C)c3)NC[C@@H]2C)s1. The summed E-state index contributed by atoms with van der Waals surface area (Å²) in [6.45, 7) is 10.7. The number of carbonyl (C=O) groups is 1. The van der Waals surface area contributed by atoms with Crippen LogP contribution in [-0.4, -0.2) is 45.9 Å². The van der Waals surface area contributed by atoms with Gasteiger partial charge in [-0.05, 0) is 44.9 Å². The number of anilines is 1. The molecule has 2 N–H and O–H groups in total. The fourth-order valence-electron chi connectivity index (χ4n) is 3.46. The third-order valence-electron chi connectivity index (χ3n) is 4.60. The normalized spacial score (nSPS) is 20.9. The summed E-state index contributed by atoms with van der Waals surface area (Å²) < 4.78 is 0. The third kappa shape index (κ3) is 5.09. The van der Waals surface area contributed by atoms with Crippen LogP contribution >= 0.6 is 11.3 Å². The Bertz CT molecular complexity index is 755. The van der Waals surface area contributed by atoms with E-state index >= 15 is 0 Å². The van der Waals surface area contributed by atoms with E-state index in [1.807, 2.05) is 6.20 Å². The molecule has 0 aromatic carbocycles. The highest BCUT2D eigenvalue weighted by atomic mass is 32.1. The Morgan fingerprint density at radius 3 is 2.81 bits per heavy atom. The number of nitrogens with one attached hydrogen (secondary N) is 2. The largest absolute Gasteiger partial charge is 0.311 e. The maximum atomic E-state index is 11.2. The van der Waals surface area contributed by atoms with Gasteiger partial charge in [0, 0.05) is 61.1 Å². The van der Waals surface area contributed by atoms with Gasteiger partial charge in [0.1, 0.15) is 0 Å². The lowest BCUT2D eigenvalue weighted by Crippen LogP contribution is -2.55. The first-order valence-electron chi connectivity index (χ1n) is 9.03. The van der Waals surface area contributed by atoms with Gasteiger partial charge in [-0.2, -0.15) is 0 Å². The van der Waals surface area contributed by atoms with Crippen molar-refractivity contribution in [2.45, 2.75) is 52.7 Å². The maximum absolute atomic E-state index is 11.2. The van der Waals surface area contributed by atoms with Crippen molar-refractivity contribution < 1.29 is 4.79 Å². The van der Waals surface area contributed by atoms with Crippen molar-refractivity contribution >= 4 is 22.4 Å². The molecule has 2 aromatic heterocycles.